The van der Waals surface area contributed by atoms with E-state index in [0.29, 0.717) is 35.9 Å². The van der Waals surface area contributed by atoms with E-state index < -0.39 is 76.6 Å². The highest BCUT2D eigenvalue weighted by atomic mass is 16.7. The van der Waals surface area contributed by atoms with Gasteiger partial charge in [-0.05, 0) is 143 Å². The maximum absolute atomic E-state index is 15.3. The van der Waals surface area contributed by atoms with E-state index in [1.54, 1.807) is 12.1 Å². The van der Waals surface area contributed by atoms with Crippen molar-refractivity contribution in [2.45, 2.75) is 105 Å². The normalized spacial score (nSPS) is 41.2. The van der Waals surface area contributed by atoms with E-state index in [0.717, 1.165) is 71.2 Å². The lowest BCUT2D eigenvalue weighted by molar-refractivity contribution is -0.370. The fourth-order valence-electron chi connectivity index (χ4n) is 17.5. The van der Waals surface area contributed by atoms with Gasteiger partial charge in [0.1, 0.15) is 18.0 Å². The van der Waals surface area contributed by atoms with E-state index in [1.807, 2.05) is 61.7 Å². The number of hydrogen-bond donors (Lipinski definition) is 8. The van der Waals surface area contributed by atoms with Gasteiger partial charge >= 0.3 is 5.97 Å². The summed E-state index contributed by atoms with van der Waals surface area (Å²) in [6, 6.07) is 21.6. The Morgan fingerprint density at radius 1 is 0.955 bits per heavy atom. The second-order valence-corrected chi connectivity index (χ2v) is 21.8. The van der Waals surface area contributed by atoms with Crippen molar-refractivity contribution in [3.8, 4) is 11.5 Å². The molecule has 2 bridgehead atoms. The van der Waals surface area contributed by atoms with Crippen molar-refractivity contribution in [1.82, 2.24) is 10.3 Å². The predicted molar refractivity (Wildman–Crippen MR) is 248 cm³/mol. The molecule has 12 nitrogen and oxygen atoms in total. The summed E-state index contributed by atoms with van der Waals surface area (Å²) < 4.78 is 20.6. The quantitative estimate of drug-likeness (QED) is 0.0742. The van der Waals surface area contributed by atoms with Crippen LogP contribution in [-0.2, 0) is 26.3 Å². The van der Waals surface area contributed by atoms with Crippen molar-refractivity contribution in [2.75, 3.05) is 13.6 Å². The first-order valence-corrected chi connectivity index (χ1v) is 24.4. The van der Waals surface area contributed by atoms with Crippen LogP contribution in [0.25, 0.3) is 38.5 Å². The van der Waals surface area contributed by atoms with Crippen LogP contribution in [0.5, 0.6) is 11.5 Å². The monoisotopic (exact) mass is 904 g/mol. The minimum Gasteiger partial charge on any atom is -0.508 e. The number of carbonyl (C=O) groups is 1. The lowest BCUT2D eigenvalue weighted by Crippen LogP contribution is -2.83. The van der Waals surface area contributed by atoms with Gasteiger partial charge < -0.3 is 55.2 Å². The van der Waals surface area contributed by atoms with Gasteiger partial charge in [-0.3, -0.25) is 0 Å². The SMILES string of the molecule is CNCC1CC2C3C4=CC(O)C5(O)OC(C(=O)Oc6c(CO)[nH]c7ccc8cc9ccccc9cc8c67)C(OC2(C=C4)C2(CCC4CC6(CCCC6)C6C=Cc7cc(O)ccc7C462)C1O)C35O. The van der Waals surface area contributed by atoms with E-state index in [4.69, 9.17) is 14.2 Å². The van der Waals surface area contributed by atoms with E-state index in [2.05, 4.69) is 40.7 Å². The molecule has 0 radical (unpaired) electrons. The lowest BCUT2D eigenvalue weighted by Gasteiger charge is -2.73. The lowest BCUT2D eigenvalue weighted by atomic mass is 9.36. The van der Waals surface area contributed by atoms with Crippen LogP contribution >= 0.6 is 0 Å². The van der Waals surface area contributed by atoms with Crippen molar-refractivity contribution >= 4 is 44.5 Å². The average Bonchev–Trinajstić information content (AvgIpc) is 4.12. The van der Waals surface area contributed by atoms with Crippen molar-refractivity contribution < 1.29 is 49.6 Å². The highest BCUT2D eigenvalue weighted by molar-refractivity contribution is 6.14. The number of benzene rings is 4. The van der Waals surface area contributed by atoms with Crippen molar-refractivity contribution in [1.29, 1.82) is 0 Å². The second-order valence-electron chi connectivity index (χ2n) is 21.8. The van der Waals surface area contributed by atoms with E-state index in [-0.39, 0.29) is 40.4 Å². The van der Waals surface area contributed by atoms with Crippen molar-refractivity contribution in [2.24, 2.45) is 40.4 Å². The zero-order valence-electron chi connectivity index (χ0n) is 37.3. The molecule has 4 aromatic carbocycles. The van der Waals surface area contributed by atoms with Gasteiger partial charge in [0.15, 0.2) is 17.5 Å². The number of carbonyl (C=O) groups excluding carboxylic acids is 1. The third-order valence-electron chi connectivity index (χ3n) is 19.5. The molecule has 5 aromatic rings. The van der Waals surface area contributed by atoms with Gasteiger partial charge in [-0.1, -0.05) is 73.5 Å². The molecule has 2 aliphatic heterocycles. The van der Waals surface area contributed by atoms with Crippen molar-refractivity contribution in [3.05, 3.63) is 113 Å². The van der Waals surface area contributed by atoms with E-state index in [1.165, 1.54) is 0 Å². The maximum Gasteiger partial charge on any atom is 0.343 e. The van der Waals surface area contributed by atoms with E-state index >= 15 is 4.79 Å². The number of aromatic amines is 1. The molecule has 346 valence electrons. The number of aliphatic hydroxyl groups is 5. The molecule has 6 fully saturated rings. The molecule has 2 saturated heterocycles. The first-order chi connectivity index (χ1) is 32.4. The van der Waals surface area contributed by atoms with Gasteiger partial charge in [0.05, 0.1) is 34.9 Å². The van der Waals surface area contributed by atoms with Crippen LogP contribution in [0.1, 0.15) is 68.2 Å². The minimum absolute atomic E-state index is 0.0109. The molecule has 3 spiro atoms. The molecule has 7 aliphatic carbocycles. The van der Waals surface area contributed by atoms with Gasteiger partial charge in [0.25, 0.3) is 0 Å². The zero-order valence-corrected chi connectivity index (χ0v) is 37.3. The Labute approximate surface area is 386 Å². The number of phenols is 1. The topological polar surface area (TPSA) is 194 Å². The number of ether oxygens (including phenoxy) is 3. The molecule has 1 aromatic heterocycles. The number of allylic oxidation sites excluding steroid dienone is 2. The molecular formula is C55H56N2O10. The average molecular weight is 905 g/mol. The standard InChI is InChI=1S/C55H56N2O10/c1-56-26-33-23-38-44-32-14-19-52(38,51(47(33)61)18-15-34-25-50(16-4-5-17-50)41-13-9-31-21-35(59)10-11-37(31)53(34,41)51)67-48-46(66-55(64,42(60)24-32)54(44,48)63)49(62)65-45-40(27-58)57-39-12-8-30-20-28-6-2-3-7-29(28)22-36(30)43(39)45/h2-3,6-14,19-22,24,33-34,38,41-42,44,46-48,56-61,63-64H,4-5,15-18,23,25-27H2,1H3. The summed E-state index contributed by atoms with van der Waals surface area (Å²) in [5.74, 6) is -4.92. The number of aromatic hydroxyl groups is 1. The van der Waals surface area contributed by atoms with Gasteiger partial charge in [-0.25, -0.2) is 4.79 Å². The third kappa shape index (κ3) is 4.61. The van der Waals surface area contributed by atoms with Gasteiger partial charge in [-0.15, -0.1) is 0 Å². The molecule has 3 heterocycles. The Kier molecular flexibility index (Phi) is 8.26. The predicted octanol–water partition coefficient (Wildman–Crippen LogP) is 6.18. The highest BCUT2D eigenvalue weighted by Crippen LogP contribution is 2.83. The van der Waals surface area contributed by atoms with Crippen LogP contribution in [0.3, 0.4) is 0 Å². The number of nitrogens with one attached hydrogen (secondary N) is 2. The highest BCUT2D eigenvalue weighted by Gasteiger charge is 2.88. The Hall–Kier alpha value is -4.89. The molecule has 8 N–H and O–H groups in total. The number of rotatable bonds is 5. The van der Waals surface area contributed by atoms with Crippen LogP contribution < -0.4 is 10.1 Å². The largest absolute Gasteiger partial charge is 0.508 e. The molecule has 0 amide bonds. The van der Waals surface area contributed by atoms with Crippen LogP contribution in [0.15, 0.2) is 96.6 Å². The number of aromatic nitrogens is 1. The molecular weight excluding hydrogens is 849 g/mol. The molecule has 12 heteroatoms. The molecule has 9 aliphatic rings. The fourth-order valence-corrected chi connectivity index (χ4v) is 17.5. The van der Waals surface area contributed by atoms with Crippen LogP contribution in [0, 0.1) is 40.4 Å². The van der Waals surface area contributed by atoms with Crippen LogP contribution in [0.2, 0.25) is 0 Å². The van der Waals surface area contributed by atoms with E-state index in [9.17, 15) is 30.6 Å². The third-order valence-corrected chi connectivity index (χ3v) is 19.5. The second kappa shape index (κ2) is 13.5. The number of aliphatic hydroxyl groups excluding tert-OH is 3. The van der Waals surface area contributed by atoms with Gasteiger partial charge in [0.2, 0.25) is 5.79 Å². The Morgan fingerprint density at radius 3 is 2.55 bits per heavy atom. The summed E-state index contributed by atoms with van der Waals surface area (Å²) in [6.45, 7) is 0.00540. The molecule has 4 saturated carbocycles. The molecule has 14 unspecified atom stereocenters. The summed E-state index contributed by atoms with van der Waals surface area (Å²) in [5.41, 5.74) is -1.89. The van der Waals surface area contributed by atoms with Crippen LogP contribution in [-0.4, -0.2) is 96.6 Å². The Balaban J connectivity index is 0.971. The zero-order chi connectivity index (χ0) is 45.6. The summed E-state index contributed by atoms with van der Waals surface area (Å²) in [5, 5.41) is 81.5. The fraction of sp³-hybridized carbons (Fsp3) is 0.473. The Morgan fingerprint density at radius 2 is 1.76 bits per heavy atom. The number of phenolic OH excluding ortho intramolecular Hbond substituents is 1. The first-order valence-electron chi connectivity index (χ1n) is 24.4. The number of esters is 1. The molecule has 67 heavy (non-hydrogen) atoms. The molecule has 14 atom stereocenters. The molecule has 14 rings (SSSR count). The van der Waals surface area contributed by atoms with Crippen molar-refractivity contribution in [3.63, 3.8) is 0 Å². The summed E-state index contributed by atoms with van der Waals surface area (Å²) in [4.78, 5) is 18.6. The number of fused-ring (bicyclic) bond motifs is 6. The van der Waals surface area contributed by atoms with Gasteiger partial charge in [-0.2, -0.15) is 0 Å². The Bertz CT molecular complexity index is 3080. The maximum atomic E-state index is 15.3. The summed E-state index contributed by atoms with van der Waals surface area (Å²) >= 11 is 0. The summed E-state index contributed by atoms with van der Waals surface area (Å²) in [7, 11) is 1.89. The summed E-state index contributed by atoms with van der Waals surface area (Å²) in [6.07, 6.45) is 11.3. The minimum atomic E-state index is -2.68. The van der Waals surface area contributed by atoms with Crippen LogP contribution in [0.4, 0.5) is 0 Å². The number of H-pyrrole nitrogens is 1. The number of hydrogen-bond acceptors (Lipinski definition) is 11. The first kappa shape index (κ1) is 41.1. The van der Waals surface area contributed by atoms with Gasteiger partial charge in [0, 0.05) is 29.2 Å². The smallest absolute Gasteiger partial charge is 0.343 e.